The first-order valence-corrected chi connectivity index (χ1v) is 11.0. The lowest BCUT2D eigenvalue weighted by Gasteiger charge is -2.43. The summed E-state index contributed by atoms with van der Waals surface area (Å²) in [5.74, 6) is -0.663. The first-order chi connectivity index (χ1) is 16.1. The molecule has 3 heterocycles. The van der Waals surface area contributed by atoms with Gasteiger partial charge in [0.15, 0.2) is 11.5 Å². The van der Waals surface area contributed by atoms with E-state index in [2.05, 4.69) is 9.98 Å². The number of fused-ring (bicyclic) bond motifs is 2. The van der Waals surface area contributed by atoms with Crippen molar-refractivity contribution in [3.05, 3.63) is 82.5 Å². The van der Waals surface area contributed by atoms with E-state index in [1.165, 1.54) is 35.4 Å². The van der Waals surface area contributed by atoms with E-state index < -0.39 is 17.0 Å². The van der Waals surface area contributed by atoms with Crippen molar-refractivity contribution in [3.8, 4) is 17.0 Å². The summed E-state index contributed by atoms with van der Waals surface area (Å²) >= 11 is 6.03. The largest absolute Gasteiger partial charge is 0.485 e. The lowest BCUT2D eigenvalue weighted by atomic mass is 9.75. The molecule has 3 aromatic rings. The number of rotatable bonds is 3. The topological polar surface area (TPSA) is 80.8 Å². The highest BCUT2D eigenvalue weighted by Gasteiger charge is 2.57. The molecule has 2 aromatic carbocycles. The van der Waals surface area contributed by atoms with Crippen LogP contribution in [0.3, 0.4) is 0 Å². The van der Waals surface area contributed by atoms with Gasteiger partial charge in [-0.15, -0.1) is 0 Å². The van der Waals surface area contributed by atoms with Gasteiger partial charge in [0.2, 0.25) is 0 Å². The number of carbonyl (C=O) groups is 1. The van der Waals surface area contributed by atoms with Gasteiger partial charge in [0.1, 0.15) is 23.0 Å². The molecule has 0 unspecified atom stereocenters. The minimum atomic E-state index is -1.34. The first-order valence-electron chi connectivity index (χ1n) is 10.6. The molecule has 2 aliphatic rings. The molecule has 34 heavy (non-hydrogen) atoms. The first kappa shape index (κ1) is 22.3. The number of ether oxygens (including phenoxy) is 1. The lowest BCUT2D eigenvalue weighted by molar-refractivity contribution is -0.133. The van der Waals surface area contributed by atoms with E-state index >= 15 is 0 Å². The second-order valence-electron chi connectivity index (χ2n) is 8.95. The third kappa shape index (κ3) is 3.68. The number of benzene rings is 2. The Morgan fingerprint density at radius 1 is 1.15 bits per heavy atom. The van der Waals surface area contributed by atoms with E-state index in [0.29, 0.717) is 29.0 Å². The van der Waals surface area contributed by atoms with E-state index in [9.17, 15) is 13.6 Å². The van der Waals surface area contributed by atoms with Crippen LogP contribution in [0, 0.1) is 11.6 Å². The monoisotopic (exact) mass is 482 g/mol. The van der Waals surface area contributed by atoms with Crippen LogP contribution in [-0.2, 0) is 16.8 Å². The molecule has 2 aliphatic heterocycles. The summed E-state index contributed by atoms with van der Waals surface area (Å²) in [6.07, 6.45) is 2.11. The maximum Gasteiger partial charge on any atom is 0.261 e. The summed E-state index contributed by atoms with van der Waals surface area (Å²) in [5.41, 5.74) is 6.08. The van der Waals surface area contributed by atoms with Crippen molar-refractivity contribution in [2.24, 2.45) is 10.7 Å². The molecule has 0 saturated heterocycles. The molecule has 1 aromatic heterocycles. The van der Waals surface area contributed by atoms with Crippen molar-refractivity contribution < 1.29 is 18.3 Å². The average Bonchev–Trinajstić information content (AvgIpc) is 2.98. The van der Waals surface area contributed by atoms with Gasteiger partial charge in [-0.25, -0.2) is 13.8 Å². The molecule has 0 bridgehead atoms. The lowest BCUT2D eigenvalue weighted by Crippen LogP contribution is -2.51. The number of nitrogens with zero attached hydrogens (tertiary/aromatic N) is 3. The highest BCUT2D eigenvalue weighted by Crippen LogP contribution is 2.50. The van der Waals surface area contributed by atoms with Gasteiger partial charge in [0.25, 0.3) is 5.91 Å². The zero-order chi connectivity index (χ0) is 24.3. The number of aliphatic imine (C=N–C) groups is 1. The highest BCUT2D eigenvalue weighted by molar-refractivity contribution is 6.30. The minimum Gasteiger partial charge on any atom is -0.485 e. The summed E-state index contributed by atoms with van der Waals surface area (Å²) < 4.78 is 33.8. The number of nitrogens with two attached hydrogens (primary N) is 1. The standard InChI is InChI=1S/C25H21ClF2N4O2/c1-24(11-14-3-5-17(27)6-4-14)13-25(22(33)32(2)23(29)31-25)19-10-20(30-12-21(19)34-24)15-7-16(26)9-18(28)8-15/h3-10,12H,11,13H2,1-2H3,(H2,29,31)/t24-,25-/m1/s1. The quantitative estimate of drug-likeness (QED) is 0.598. The van der Waals surface area contributed by atoms with Gasteiger partial charge >= 0.3 is 0 Å². The number of halogens is 3. The SMILES string of the molecule is CN1C(=O)[C@]2(C[C@@](C)(Cc3ccc(F)cc3)Oc3cnc(-c4cc(F)cc(Cl)c4)cc32)N=C1N. The van der Waals surface area contributed by atoms with Crippen LogP contribution < -0.4 is 10.5 Å². The van der Waals surface area contributed by atoms with E-state index in [0.717, 1.165) is 5.56 Å². The Morgan fingerprint density at radius 3 is 2.53 bits per heavy atom. The highest BCUT2D eigenvalue weighted by atomic mass is 35.5. The van der Waals surface area contributed by atoms with Gasteiger partial charge in [0.05, 0.1) is 11.9 Å². The fraction of sp³-hybridized carbons (Fsp3) is 0.240. The molecule has 0 fully saturated rings. The molecule has 1 amide bonds. The minimum absolute atomic E-state index is 0.0918. The summed E-state index contributed by atoms with van der Waals surface area (Å²) in [7, 11) is 1.57. The van der Waals surface area contributed by atoms with Gasteiger partial charge < -0.3 is 10.5 Å². The van der Waals surface area contributed by atoms with E-state index in [1.54, 1.807) is 31.3 Å². The van der Waals surface area contributed by atoms with Crippen LogP contribution in [0.4, 0.5) is 8.78 Å². The summed E-state index contributed by atoms with van der Waals surface area (Å²) in [6.45, 7) is 1.87. The Labute approximate surface area is 200 Å². The molecule has 6 nitrogen and oxygen atoms in total. The number of pyridine rings is 1. The van der Waals surface area contributed by atoms with Crippen molar-refractivity contribution in [1.82, 2.24) is 9.88 Å². The van der Waals surface area contributed by atoms with Gasteiger partial charge in [-0.1, -0.05) is 23.7 Å². The van der Waals surface area contributed by atoms with Crippen molar-refractivity contribution in [2.45, 2.75) is 30.9 Å². The number of amides is 1. The van der Waals surface area contributed by atoms with Gasteiger partial charge in [-0.2, -0.15) is 0 Å². The van der Waals surface area contributed by atoms with Crippen LogP contribution in [-0.4, -0.2) is 34.4 Å². The van der Waals surface area contributed by atoms with E-state index in [1.807, 2.05) is 6.92 Å². The molecule has 174 valence electrons. The molecule has 0 saturated carbocycles. The van der Waals surface area contributed by atoms with E-state index in [4.69, 9.17) is 22.1 Å². The number of guanidine groups is 1. The normalized spacial score (nSPS) is 23.6. The number of aromatic nitrogens is 1. The van der Waals surface area contributed by atoms with E-state index in [-0.39, 0.29) is 29.1 Å². The Hall–Kier alpha value is -3.52. The summed E-state index contributed by atoms with van der Waals surface area (Å²) in [6, 6.07) is 11.9. The van der Waals surface area contributed by atoms with Gasteiger partial charge in [-0.3, -0.25) is 14.7 Å². The summed E-state index contributed by atoms with van der Waals surface area (Å²) in [4.78, 5) is 23.9. The molecule has 2 N–H and O–H groups in total. The predicted molar refractivity (Wildman–Crippen MR) is 124 cm³/mol. The zero-order valence-corrected chi connectivity index (χ0v) is 19.2. The van der Waals surface area contributed by atoms with Crippen LogP contribution in [0.25, 0.3) is 11.3 Å². The third-order valence-electron chi connectivity index (χ3n) is 6.26. The van der Waals surface area contributed by atoms with Crippen molar-refractivity contribution in [2.75, 3.05) is 7.05 Å². The average molecular weight is 483 g/mol. The second kappa shape index (κ2) is 7.77. The molecule has 9 heteroatoms. The number of carbonyl (C=O) groups excluding carboxylic acids is 1. The van der Waals surface area contributed by atoms with Crippen molar-refractivity contribution in [3.63, 3.8) is 0 Å². The van der Waals surface area contributed by atoms with Crippen LogP contribution in [0.5, 0.6) is 5.75 Å². The fourth-order valence-electron chi connectivity index (χ4n) is 4.77. The molecule has 1 spiro atoms. The maximum absolute atomic E-state index is 14.0. The van der Waals surface area contributed by atoms with Crippen LogP contribution in [0.15, 0.2) is 59.7 Å². The molecule has 5 rings (SSSR count). The Kier molecular flexibility index (Phi) is 5.09. The molecule has 2 atom stereocenters. The fourth-order valence-corrected chi connectivity index (χ4v) is 4.99. The van der Waals surface area contributed by atoms with Crippen LogP contribution in [0.1, 0.15) is 24.5 Å². The Morgan fingerprint density at radius 2 is 1.88 bits per heavy atom. The van der Waals surface area contributed by atoms with Gasteiger partial charge in [0, 0.05) is 36.0 Å². The third-order valence-corrected chi connectivity index (χ3v) is 6.47. The van der Waals surface area contributed by atoms with Crippen molar-refractivity contribution in [1.29, 1.82) is 0 Å². The second-order valence-corrected chi connectivity index (χ2v) is 9.39. The Balaban J connectivity index is 1.64. The molecule has 0 aliphatic carbocycles. The summed E-state index contributed by atoms with van der Waals surface area (Å²) in [5, 5.41) is 0.228. The Bertz CT molecular complexity index is 1330. The smallest absolute Gasteiger partial charge is 0.261 e. The van der Waals surface area contributed by atoms with Crippen LogP contribution >= 0.6 is 11.6 Å². The number of likely N-dealkylation sites (N-methyl/N-ethyl adjacent to an activating group) is 1. The molecule has 0 radical (unpaired) electrons. The zero-order valence-electron chi connectivity index (χ0n) is 18.5. The number of hydrogen-bond acceptors (Lipinski definition) is 5. The van der Waals surface area contributed by atoms with Crippen molar-refractivity contribution >= 4 is 23.5 Å². The maximum atomic E-state index is 14.0. The van der Waals surface area contributed by atoms with Gasteiger partial charge in [-0.05, 0) is 48.9 Å². The predicted octanol–water partition coefficient (Wildman–Crippen LogP) is 4.45. The molecular formula is C25H21ClF2N4O2. The van der Waals surface area contributed by atoms with Crippen LogP contribution in [0.2, 0.25) is 5.02 Å². The number of hydrogen-bond donors (Lipinski definition) is 1. The molecular weight excluding hydrogens is 462 g/mol.